The van der Waals surface area contributed by atoms with Crippen molar-refractivity contribution in [1.82, 2.24) is 0 Å². The zero-order valence-corrected chi connectivity index (χ0v) is 15.5. The van der Waals surface area contributed by atoms with Crippen LogP contribution in [0, 0.1) is 0 Å². The Kier molecular flexibility index (Phi) is 6.53. The van der Waals surface area contributed by atoms with Crippen molar-refractivity contribution in [3.05, 3.63) is 109 Å². The van der Waals surface area contributed by atoms with Gasteiger partial charge in [-0.3, -0.25) is 0 Å². The Morgan fingerprint density at radius 2 is 0.643 bits per heavy atom. The molecule has 0 unspecified atom stereocenters. The Bertz CT molecular complexity index is 869. The summed E-state index contributed by atoms with van der Waals surface area (Å²) in [5, 5.41) is 6.73. The van der Waals surface area contributed by atoms with Gasteiger partial charge in [0.1, 0.15) is 0 Å². The van der Waals surface area contributed by atoms with Gasteiger partial charge in [-0.2, -0.15) is 0 Å². The van der Waals surface area contributed by atoms with Crippen LogP contribution >= 0.6 is 0 Å². The maximum absolute atomic E-state index is 5.37. The summed E-state index contributed by atoms with van der Waals surface area (Å²) in [5.74, 6) is 0. The Morgan fingerprint density at radius 3 is 0.964 bits per heavy atom. The zero-order valence-electron chi connectivity index (χ0n) is 15.5. The third-order valence-electron chi connectivity index (χ3n) is 3.95. The molecule has 4 aromatic rings. The van der Waals surface area contributed by atoms with E-state index in [2.05, 4.69) is 59.2 Å². The highest BCUT2D eigenvalue weighted by Crippen LogP contribution is 2.21. The van der Waals surface area contributed by atoms with Crippen LogP contribution in [0.4, 0.5) is 34.1 Å². The van der Waals surface area contributed by atoms with Crippen molar-refractivity contribution >= 4 is 34.1 Å². The Labute approximate surface area is 165 Å². The van der Waals surface area contributed by atoms with Gasteiger partial charge in [-0.05, 0) is 72.8 Å². The monoisotopic (exact) mass is 368 g/mol. The molecule has 0 radical (unpaired) electrons. The number of rotatable bonds is 4. The maximum Gasteiger partial charge on any atom is 0.0385 e. The number of nitrogens with one attached hydrogen (secondary N) is 2. The Balaban J connectivity index is 0.000000236. The second-order valence-corrected chi connectivity index (χ2v) is 6.23. The summed E-state index contributed by atoms with van der Waals surface area (Å²) in [5.41, 5.74) is 16.6. The molecule has 6 N–H and O–H groups in total. The molecule has 28 heavy (non-hydrogen) atoms. The number of anilines is 6. The van der Waals surface area contributed by atoms with Crippen LogP contribution in [0.15, 0.2) is 109 Å². The van der Waals surface area contributed by atoms with Crippen LogP contribution in [0.3, 0.4) is 0 Å². The number of nitrogens with two attached hydrogens (primary N) is 2. The molecule has 140 valence electrons. The first-order chi connectivity index (χ1) is 13.7. The van der Waals surface area contributed by atoms with Crippen molar-refractivity contribution in [3.8, 4) is 0 Å². The third kappa shape index (κ3) is 6.11. The summed E-state index contributed by atoms with van der Waals surface area (Å²) < 4.78 is 0. The molecule has 4 rings (SSSR count). The lowest BCUT2D eigenvalue weighted by molar-refractivity contribution is 1.52. The first-order valence-corrected chi connectivity index (χ1v) is 9.04. The smallest absolute Gasteiger partial charge is 0.0385 e. The van der Waals surface area contributed by atoms with Gasteiger partial charge in [0.2, 0.25) is 0 Å². The first kappa shape index (κ1) is 18.9. The molecule has 0 saturated heterocycles. The van der Waals surface area contributed by atoms with E-state index in [0.717, 1.165) is 34.1 Å². The van der Waals surface area contributed by atoms with E-state index in [9.17, 15) is 0 Å². The molecular weight excluding hydrogens is 344 g/mol. The minimum atomic E-state index is 0.749. The molecule has 0 heterocycles. The summed E-state index contributed by atoms with van der Waals surface area (Å²) in [6.45, 7) is 0. The second kappa shape index (κ2) is 9.69. The van der Waals surface area contributed by atoms with Gasteiger partial charge in [0.25, 0.3) is 0 Å². The molecule has 0 amide bonds. The van der Waals surface area contributed by atoms with Crippen molar-refractivity contribution in [1.29, 1.82) is 0 Å². The molecule has 0 aliphatic heterocycles. The molecule has 4 heteroatoms. The molecule has 0 aliphatic rings. The van der Waals surface area contributed by atoms with E-state index < -0.39 is 0 Å². The van der Waals surface area contributed by atoms with Crippen molar-refractivity contribution in [2.24, 2.45) is 0 Å². The van der Waals surface area contributed by atoms with Crippen LogP contribution in [-0.4, -0.2) is 0 Å². The summed E-state index contributed by atoms with van der Waals surface area (Å²) >= 11 is 0. The average molecular weight is 368 g/mol. The van der Waals surface area contributed by atoms with E-state index in [1.165, 1.54) is 0 Å². The van der Waals surface area contributed by atoms with Gasteiger partial charge < -0.3 is 22.1 Å². The molecule has 0 fully saturated rings. The van der Waals surface area contributed by atoms with E-state index in [0.29, 0.717) is 0 Å². The van der Waals surface area contributed by atoms with Gasteiger partial charge in [-0.1, -0.05) is 36.4 Å². The largest absolute Gasteiger partial charge is 0.399 e. The van der Waals surface area contributed by atoms with Crippen molar-refractivity contribution in [2.45, 2.75) is 0 Å². The third-order valence-corrected chi connectivity index (χ3v) is 3.95. The van der Waals surface area contributed by atoms with Crippen LogP contribution < -0.4 is 22.1 Å². The number of benzene rings is 4. The van der Waals surface area contributed by atoms with Crippen LogP contribution in [0.1, 0.15) is 0 Å². The minimum absolute atomic E-state index is 0.749. The number of para-hydroxylation sites is 2. The van der Waals surface area contributed by atoms with Gasteiger partial charge in [0, 0.05) is 34.1 Å². The summed E-state index contributed by atoms with van der Waals surface area (Å²) in [6.07, 6.45) is 0. The van der Waals surface area contributed by atoms with Crippen molar-refractivity contribution in [2.75, 3.05) is 22.1 Å². The van der Waals surface area contributed by atoms with E-state index in [4.69, 9.17) is 11.5 Å². The fraction of sp³-hybridized carbons (Fsp3) is 0. The summed E-state index contributed by atoms with van der Waals surface area (Å²) in [6, 6.07) is 35.7. The van der Waals surface area contributed by atoms with E-state index >= 15 is 0 Å². The lowest BCUT2D eigenvalue weighted by Crippen LogP contribution is -1.92. The molecule has 0 aromatic heterocycles. The van der Waals surface area contributed by atoms with E-state index in [1.807, 2.05) is 36.4 Å². The SMILES string of the molecule is Nc1ccc(N)cc1.c1ccc(Nc2ccc(Nc3ccccc3)cc2)cc1. The zero-order chi connectivity index (χ0) is 19.6. The lowest BCUT2D eigenvalue weighted by atomic mass is 10.2. The van der Waals surface area contributed by atoms with Crippen LogP contribution in [0.2, 0.25) is 0 Å². The predicted molar refractivity (Wildman–Crippen MR) is 121 cm³/mol. The fourth-order valence-electron chi connectivity index (χ4n) is 2.51. The standard InChI is InChI=1S/C18H16N2.C6H8N2/c1-3-7-15(8-4-1)19-17-11-13-18(14-12-17)20-16-9-5-2-6-10-16;7-5-1-2-6(8)4-3-5/h1-14,19-20H;1-4H,7-8H2. The topological polar surface area (TPSA) is 76.1 Å². The fourth-order valence-corrected chi connectivity index (χ4v) is 2.51. The van der Waals surface area contributed by atoms with Crippen LogP contribution in [-0.2, 0) is 0 Å². The van der Waals surface area contributed by atoms with Crippen molar-refractivity contribution < 1.29 is 0 Å². The molecular formula is C24H24N4. The minimum Gasteiger partial charge on any atom is -0.399 e. The first-order valence-electron chi connectivity index (χ1n) is 9.04. The lowest BCUT2D eigenvalue weighted by Gasteiger charge is -2.09. The number of nitrogen functional groups attached to an aromatic ring is 2. The Morgan fingerprint density at radius 1 is 0.357 bits per heavy atom. The van der Waals surface area contributed by atoms with Crippen LogP contribution in [0.5, 0.6) is 0 Å². The van der Waals surface area contributed by atoms with Gasteiger partial charge >= 0.3 is 0 Å². The highest BCUT2D eigenvalue weighted by Gasteiger charge is 1.96. The summed E-state index contributed by atoms with van der Waals surface area (Å²) in [7, 11) is 0. The summed E-state index contributed by atoms with van der Waals surface area (Å²) in [4.78, 5) is 0. The van der Waals surface area contributed by atoms with E-state index in [-0.39, 0.29) is 0 Å². The normalized spacial score (nSPS) is 9.71. The quantitative estimate of drug-likeness (QED) is 0.332. The van der Waals surface area contributed by atoms with Gasteiger partial charge in [-0.25, -0.2) is 0 Å². The number of hydrogen-bond acceptors (Lipinski definition) is 4. The molecule has 0 spiro atoms. The van der Waals surface area contributed by atoms with Gasteiger partial charge in [-0.15, -0.1) is 0 Å². The van der Waals surface area contributed by atoms with E-state index in [1.54, 1.807) is 24.3 Å². The molecule has 0 saturated carbocycles. The van der Waals surface area contributed by atoms with Gasteiger partial charge in [0.15, 0.2) is 0 Å². The van der Waals surface area contributed by atoms with Crippen LogP contribution in [0.25, 0.3) is 0 Å². The molecule has 0 atom stereocenters. The van der Waals surface area contributed by atoms with Gasteiger partial charge in [0.05, 0.1) is 0 Å². The highest BCUT2D eigenvalue weighted by molar-refractivity contribution is 5.65. The average Bonchev–Trinajstić information content (AvgIpc) is 2.74. The molecule has 4 aromatic carbocycles. The molecule has 0 aliphatic carbocycles. The number of hydrogen-bond donors (Lipinski definition) is 4. The molecule has 4 nitrogen and oxygen atoms in total. The van der Waals surface area contributed by atoms with Crippen molar-refractivity contribution in [3.63, 3.8) is 0 Å². The molecule has 0 bridgehead atoms. The predicted octanol–water partition coefficient (Wildman–Crippen LogP) is 6.02. The highest BCUT2D eigenvalue weighted by atomic mass is 14.9. The Hall–Kier alpha value is -3.92. The maximum atomic E-state index is 5.37. The second-order valence-electron chi connectivity index (χ2n) is 6.23.